The summed E-state index contributed by atoms with van der Waals surface area (Å²) in [6.07, 6.45) is -0.284. The summed E-state index contributed by atoms with van der Waals surface area (Å²) in [5, 5.41) is 11.5. The third kappa shape index (κ3) is 4.09. The molecule has 1 aliphatic heterocycles. The minimum absolute atomic E-state index is 0.111. The Bertz CT molecular complexity index is 1150. The lowest BCUT2D eigenvalue weighted by Gasteiger charge is -2.31. The monoisotopic (exact) mass is 432 g/mol. The van der Waals surface area contributed by atoms with Crippen molar-refractivity contribution in [3.05, 3.63) is 76.0 Å². The molecule has 158 valence electrons. The van der Waals surface area contributed by atoms with Crippen LogP contribution in [0, 0.1) is 13.8 Å². The van der Waals surface area contributed by atoms with Gasteiger partial charge in [0.1, 0.15) is 0 Å². The van der Waals surface area contributed by atoms with Crippen molar-refractivity contribution in [2.24, 2.45) is 5.10 Å². The molecule has 0 fully saturated rings. The van der Waals surface area contributed by atoms with Crippen LogP contribution in [-0.4, -0.2) is 17.5 Å². The van der Waals surface area contributed by atoms with Gasteiger partial charge >= 0.3 is 0 Å². The number of thiophene rings is 1. The first-order valence-electron chi connectivity index (χ1n) is 10.0. The number of anilines is 3. The Hall–Kier alpha value is -3.45. The number of Topliss-reactive ketones (excluding diaryl/α,β-unsaturated/α-hetero) is 1. The Morgan fingerprint density at radius 1 is 0.935 bits per heavy atom. The second-order valence-electron chi connectivity index (χ2n) is 7.60. The van der Waals surface area contributed by atoms with Gasteiger partial charge in [-0.1, -0.05) is 17.7 Å². The van der Waals surface area contributed by atoms with Crippen molar-refractivity contribution in [1.82, 2.24) is 0 Å². The van der Waals surface area contributed by atoms with E-state index in [2.05, 4.69) is 23.7 Å². The summed E-state index contributed by atoms with van der Waals surface area (Å²) in [7, 11) is 0. The smallest absolute Gasteiger partial charge is 0.221 e. The van der Waals surface area contributed by atoms with Crippen LogP contribution in [0.2, 0.25) is 0 Å². The molecule has 1 aliphatic rings. The zero-order chi connectivity index (χ0) is 22.1. The van der Waals surface area contributed by atoms with Gasteiger partial charge in [0.15, 0.2) is 17.8 Å². The largest absolute Gasteiger partial charge is 0.326 e. The van der Waals surface area contributed by atoms with Gasteiger partial charge in [-0.2, -0.15) is 0 Å². The highest BCUT2D eigenvalue weighted by molar-refractivity contribution is 7.10. The third-order valence-corrected chi connectivity index (χ3v) is 6.18. The first-order chi connectivity index (χ1) is 14.8. The lowest BCUT2D eigenvalue weighted by Crippen LogP contribution is -2.37. The fourth-order valence-electron chi connectivity index (χ4n) is 3.62. The fourth-order valence-corrected chi connectivity index (χ4v) is 4.62. The van der Waals surface area contributed by atoms with Crippen LogP contribution in [-0.2, 0) is 9.59 Å². The molecule has 2 heterocycles. The van der Waals surface area contributed by atoms with Crippen LogP contribution >= 0.6 is 11.3 Å². The van der Waals surface area contributed by atoms with Gasteiger partial charge < -0.3 is 5.32 Å². The maximum Gasteiger partial charge on any atom is 0.221 e. The molecular formula is C24H24N4O2S. The van der Waals surface area contributed by atoms with E-state index in [-0.39, 0.29) is 17.9 Å². The van der Waals surface area contributed by atoms with E-state index < -0.39 is 0 Å². The lowest BCUT2D eigenvalue weighted by molar-refractivity contribution is -0.114. The van der Waals surface area contributed by atoms with Gasteiger partial charge in [0.05, 0.1) is 10.6 Å². The SMILES string of the molecule is CC(=O)Nc1ccc(N2C(C(C)=O)=NN(c3ccc(C)cc3)C2c2sccc2C)cc1. The number of amides is 1. The molecule has 0 saturated carbocycles. The Morgan fingerprint density at radius 2 is 1.58 bits per heavy atom. The van der Waals surface area contributed by atoms with E-state index in [1.54, 1.807) is 11.3 Å². The molecule has 31 heavy (non-hydrogen) atoms. The van der Waals surface area contributed by atoms with Crippen molar-refractivity contribution in [3.63, 3.8) is 0 Å². The van der Waals surface area contributed by atoms with Gasteiger partial charge in [0, 0.05) is 25.2 Å². The van der Waals surface area contributed by atoms with E-state index in [9.17, 15) is 9.59 Å². The summed E-state index contributed by atoms with van der Waals surface area (Å²) in [6.45, 7) is 7.13. The molecule has 2 aromatic carbocycles. The molecule has 6 nitrogen and oxygen atoms in total. The highest BCUT2D eigenvalue weighted by atomic mass is 32.1. The van der Waals surface area contributed by atoms with E-state index in [0.29, 0.717) is 11.5 Å². The molecule has 1 unspecified atom stereocenters. The van der Waals surface area contributed by atoms with Crippen molar-refractivity contribution in [3.8, 4) is 0 Å². The topological polar surface area (TPSA) is 65.0 Å². The molecule has 0 radical (unpaired) electrons. The Balaban J connectivity index is 1.83. The number of carbonyl (C=O) groups excluding carboxylic acids is 2. The molecule has 0 bridgehead atoms. The lowest BCUT2D eigenvalue weighted by atomic mass is 10.1. The van der Waals surface area contributed by atoms with Gasteiger partial charge in [0.25, 0.3) is 0 Å². The van der Waals surface area contributed by atoms with Crippen LogP contribution in [0.25, 0.3) is 0 Å². The fraction of sp³-hybridized carbons (Fsp3) is 0.208. The molecule has 1 aromatic heterocycles. The summed E-state index contributed by atoms with van der Waals surface area (Å²) in [4.78, 5) is 27.1. The average molecular weight is 433 g/mol. The molecule has 0 aliphatic carbocycles. The summed E-state index contributed by atoms with van der Waals surface area (Å²) >= 11 is 1.65. The van der Waals surface area contributed by atoms with E-state index in [4.69, 9.17) is 5.10 Å². The summed E-state index contributed by atoms with van der Waals surface area (Å²) in [5.74, 6) is 0.142. The van der Waals surface area contributed by atoms with Crippen molar-refractivity contribution in [2.75, 3.05) is 15.2 Å². The molecule has 0 spiro atoms. The number of rotatable bonds is 5. The molecule has 1 atom stereocenters. The first-order valence-corrected chi connectivity index (χ1v) is 10.9. The van der Waals surface area contributed by atoms with E-state index >= 15 is 0 Å². The van der Waals surface area contributed by atoms with Crippen molar-refractivity contribution < 1.29 is 9.59 Å². The number of hydrogen-bond donors (Lipinski definition) is 1. The van der Waals surface area contributed by atoms with Gasteiger partial charge in [-0.15, -0.1) is 16.4 Å². The molecule has 0 saturated heterocycles. The molecule has 1 amide bonds. The maximum absolute atomic E-state index is 12.6. The van der Waals surface area contributed by atoms with E-state index in [1.807, 2.05) is 65.4 Å². The summed E-state index contributed by atoms with van der Waals surface area (Å²) in [6, 6.07) is 17.7. The van der Waals surface area contributed by atoms with Gasteiger partial charge in [-0.25, -0.2) is 5.01 Å². The molecule has 3 aromatic rings. The van der Waals surface area contributed by atoms with E-state index in [0.717, 1.165) is 27.4 Å². The minimum atomic E-state index is -0.284. The van der Waals surface area contributed by atoms with Crippen LogP contribution in [0.1, 0.15) is 36.0 Å². The van der Waals surface area contributed by atoms with Crippen LogP contribution in [0.3, 0.4) is 0 Å². The summed E-state index contributed by atoms with van der Waals surface area (Å²) in [5.41, 5.74) is 4.76. The maximum atomic E-state index is 12.6. The number of hydrazone groups is 1. The number of benzene rings is 2. The predicted octanol–water partition coefficient (Wildman–Crippen LogP) is 5.25. The molecular weight excluding hydrogens is 408 g/mol. The van der Waals surface area contributed by atoms with Crippen LogP contribution < -0.4 is 15.2 Å². The highest BCUT2D eigenvalue weighted by Gasteiger charge is 2.40. The average Bonchev–Trinajstić information content (AvgIpc) is 3.32. The Kier molecular flexibility index (Phi) is 5.61. The molecule has 7 heteroatoms. The first kappa shape index (κ1) is 20.8. The number of amidine groups is 1. The standard InChI is InChI=1S/C24H24N4O2S/c1-15-5-9-21(10-6-15)28-24(22-16(2)13-14-31-22)27(23(26-28)17(3)29)20-11-7-19(8-12-20)25-18(4)30/h5-14,24H,1-4H3,(H,25,30). The predicted molar refractivity (Wildman–Crippen MR) is 127 cm³/mol. The number of hydrogen-bond acceptors (Lipinski definition) is 6. The van der Waals surface area contributed by atoms with Gasteiger partial charge in [-0.05, 0) is 67.3 Å². The van der Waals surface area contributed by atoms with Crippen molar-refractivity contribution in [1.29, 1.82) is 0 Å². The van der Waals surface area contributed by atoms with Crippen molar-refractivity contribution >= 4 is 45.9 Å². The highest BCUT2D eigenvalue weighted by Crippen LogP contribution is 2.42. The molecule has 1 N–H and O–H groups in total. The number of nitrogens with one attached hydrogen (secondary N) is 1. The zero-order valence-corrected chi connectivity index (χ0v) is 18.7. The van der Waals surface area contributed by atoms with Crippen LogP contribution in [0.5, 0.6) is 0 Å². The quantitative estimate of drug-likeness (QED) is 0.598. The normalized spacial score (nSPS) is 15.7. The van der Waals surface area contributed by atoms with Crippen molar-refractivity contribution in [2.45, 2.75) is 33.9 Å². The number of carbonyl (C=O) groups is 2. The summed E-state index contributed by atoms with van der Waals surface area (Å²) < 4.78 is 0. The number of aryl methyl sites for hydroxylation is 2. The van der Waals surface area contributed by atoms with Crippen LogP contribution in [0.4, 0.5) is 17.1 Å². The minimum Gasteiger partial charge on any atom is -0.326 e. The second-order valence-corrected chi connectivity index (χ2v) is 8.55. The zero-order valence-electron chi connectivity index (χ0n) is 17.9. The molecule has 4 rings (SSSR count). The Morgan fingerprint density at radius 3 is 2.13 bits per heavy atom. The van der Waals surface area contributed by atoms with E-state index in [1.165, 1.54) is 13.8 Å². The third-order valence-electron chi connectivity index (χ3n) is 5.12. The Labute approximate surface area is 185 Å². The van der Waals surface area contributed by atoms with Gasteiger partial charge in [-0.3, -0.25) is 14.5 Å². The number of ketones is 1. The second kappa shape index (κ2) is 8.35. The van der Waals surface area contributed by atoms with Gasteiger partial charge in [0.2, 0.25) is 5.91 Å². The van der Waals surface area contributed by atoms with Crippen LogP contribution in [0.15, 0.2) is 65.1 Å². The number of nitrogens with zero attached hydrogens (tertiary/aromatic N) is 3.